The third-order valence-electron chi connectivity index (χ3n) is 1.70. The Morgan fingerprint density at radius 1 is 1.53 bits per heavy atom. The standard InChI is InChI=1S/C10H7Cl2NO2/c1-2-15-10(14)6-3-4-8(11)9(12)7(6)5-13/h3-4H,2H2,1H3. The van der Waals surface area contributed by atoms with Crippen LogP contribution in [0, 0.1) is 11.3 Å². The molecule has 1 rings (SSSR count). The summed E-state index contributed by atoms with van der Waals surface area (Å²) in [5, 5.41) is 9.15. The summed E-state index contributed by atoms with van der Waals surface area (Å²) in [6.07, 6.45) is 0. The van der Waals surface area contributed by atoms with Crippen molar-refractivity contribution in [1.82, 2.24) is 0 Å². The lowest BCUT2D eigenvalue weighted by Crippen LogP contribution is -2.07. The fourth-order valence-corrected chi connectivity index (χ4v) is 1.40. The summed E-state index contributed by atoms with van der Waals surface area (Å²) >= 11 is 11.5. The van der Waals surface area contributed by atoms with Gasteiger partial charge in [-0.3, -0.25) is 0 Å². The Bertz CT molecular complexity index is 438. The van der Waals surface area contributed by atoms with Crippen molar-refractivity contribution in [2.24, 2.45) is 0 Å². The van der Waals surface area contributed by atoms with Gasteiger partial charge in [0.15, 0.2) is 0 Å². The van der Waals surface area contributed by atoms with Crippen molar-refractivity contribution in [1.29, 1.82) is 5.26 Å². The van der Waals surface area contributed by atoms with Gasteiger partial charge in [-0.2, -0.15) is 5.26 Å². The normalized spacial score (nSPS) is 9.47. The molecule has 0 bridgehead atoms. The third-order valence-corrected chi connectivity index (χ3v) is 2.51. The van der Waals surface area contributed by atoms with Crippen LogP contribution in [0.3, 0.4) is 0 Å². The fraction of sp³-hybridized carbons (Fsp3) is 0.200. The van der Waals surface area contributed by atoms with E-state index in [0.717, 1.165) is 0 Å². The Balaban J connectivity index is 3.26. The lowest BCUT2D eigenvalue weighted by Gasteiger charge is -2.05. The van der Waals surface area contributed by atoms with E-state index in [-0.39, 0.29) is 27.8 Å². The van der Waals surface area contributed by atoms with Crippen molar-refractivity contribution in [2.75, 3.05) is 6.61 Å². The molecule has 0 aliphatic rings. The number of halogens is 2. The molecule has 0 radical (unpaired) electrons. The van der Waals surface area contributed by atoms with Gasteiger partial charge < -0.3 is 4.74 Å². The van der Waals surface area contributed by atoms with Crippen molar-refractivity contribution >= 4 is 29.2 Å². The van der Waals surface area contributed by atoms with Crippen molar-refractivity contribution in [3.05, 3.63) is 33.3 Å². The van der Waals surface area contributed by atoms with Crippen LogP contribution in [0.15, 0.2) is 12.1 Å². The topological polar surface area (TPSA) is 50.1 Å². The quantitative estimate of drug-likeness (QED) is 0.751. The van der Waals surface area contributed by atoms with Gasteiger partial charge in [0.2, 0.25) is 0 Å². The Morgan fingerprint density at radius 3 is 2.73 bits per heavy atom. The summed E-state index contributed by atoms with van der Waals surface area (Å²) in [6.45, 7) is 1.92. The molecule has 0 saturated carbocycles. The molecule has 3 nitrogen and oxygen atoms in total. The molecule has 0 aliphatic carbocycles. The maximum atomic E-state index is 11.4. The SMILES string of the molecule is CCOC(=O)c1ccc(Cl)c(Cl)c1C#N. The maximum Gasteiger partial charge on any atom is 0.339 e. The average Bonchev–Trinajstić information content (AvgIpc) is 2.22. The molecule has 0 N–H and O–H groups in total. The van der Waals surface area contributed by atoms with Crippen LogP contribution in [-0.4, -0.2) is 12.6 Å². The van der Waals surface area contributed by atoms with Crippen LogP contribution >= 0.6 is 23.2 Å². The smallest absolute Gasteiger partial charge is 0.339 e. The second-order valence-corrected chi connectivity index (χ2v) is 3.40. The van der Waals surface area contributed by atoms with Gasteiger partial charge in [0, 0.05) is 0 Å². The lowest BCUT2D eigenvalue weighted by atomic mass is 10.1. The number of hydrogen-bond donors (Lipinski definition) is 0. The highest BCUT2D eigenvalue weighted by Crippen LogP contribution is 2.28. The molecule has 1 aromatic rings. The van der Waals surface area contributed by atoms with Gasteiger partial charge in [-0.15, -0.1) is 0 Å². The predicted molar refractivity (Wildman–Crippen MR) is 57.1 cm³/mol. The molecular formula is C10H7Cl2NO2. The van der Waals surface area contributed by atoms with Crippen LogP contribution in [0.2, 0.25) is 10.0 Å². The van der Waals surface area contributed by atoms with Gasteiger partial charge in [0.05, 0.1) is 27.8 Å². The van der Waals surface area contributed by atoms with Gasteiger partial charge in [-0.1, -0.05) is 23.2 Å². The van der Waals surface area contributed by atoms with Crippen LogP contribution in [-0.2, 0) is 4.74 Å². The van der Waals surface area contributed by atoms with Crippen molar-refractivity contribution < 1.29 is 9.53 Å². The summed E-state index contributed by atoms with van der Waals surface area (Å²) in [4.78, 5) is 11.4. The highest BCUT2D eigenvalue weighted by atomic mass is 35.5. The molecule has 1 aromatic carbocycles. The van der Waals surface area contributed by atoms with Crippen molar-refractivity contribution in [3.63, 3.8) is 0 Å². The molecule has 0 aromatic heterocycles. The summed E-state index contributed by atoms with van der Waals surface area (Å²) in [5.41, 5.74) is 0.177. The molecule has 78 valence electrons. The number of carbonyl (C=O) groups is 1. The van der Waals surface area contributed by atoms with Gasteiger partial charge in [0.1, 0.15) is 6.07 Å². The molecule has 15 heavy (non-hydrogen) atoms. The van der Waals surface area contributed by atoms with E-state index in [9.17, 15) is 4.79 Å². The average molecular weight is 244 g/mol. The summed E-state index contributed by atoms with van der Waals surface area (Å²) in [5.74, 6) is -0.576. The van der Waals surface area contributed by atoms with E-state index in [4.69, 9.17) is 33.2 Å². The highest BCUT2D eigenvalue weighted by molar-refractivity contribution is 6.43. The van der Waals surface area contributed by atoms with E-state index in [1.54, 1.807) is 6.92 Å². The Morgan fingerprint density at radius 2 is 2.20 bits per heavy atom. The third kappa shape index (κ3) is 2.41. The van der Waals surface area contributed by atoms with Gasteiger partial charge in [-0.05, 0) is 19.1 Å². The van der Waals surface area contributed by atoms with E-state index >= 15 is 0 Å². The molecule has 5 heteroatoms. The van der Waals surface area contributed by atoms with Crippen molar-refractivity contribution in [2.45, 2.75) is 6.92 Å². The maximum absolute atomic E-state index is 11.4. The van der Waals surface area contributed by atoms with Crippen LogP contribution < -0.4 is 0 Å². The van der Waals surface area contributed by atoms with Crippen LogP contribution in [0.4, 0.5) is 0 Å². The molecule has 0 atom stereocenters. The lowest BCUT2D eigenvalue weighted by molar-refractivity contribution is 0.0526. The Hall–Kier alpha value is -1.24. The zero-order valence-electron chi connectivity index (χ0n) is 7.88. The summed E-state index contributed by atoms with van der Waals surface area (Å²) in [6, 6.07) is 4.70. The molecule has 0 fully saturated rings. The minimum absolute atomic E-state index is 0.0441. The number of nitrogens with zero attached hydrogens (tertiary/aromatic N) is 1. The first kappa shape index (κ1) is 11.8. The number of esters is 1. The number of hydrogen-bond acceptors (Lipinski definition) is 3. The zero-order valence-corrected chi connectivity index (χ0v) is 9.39. The predicted octanol–water partition coefficient (Wildman–Crippen LogP) is 3.04. The van der Waals surface area contributed by atoms with E-state index in [2.05, 4.69) is 0 Å². The molecule has 0 unspecified atom stereocenters. The number of rotatable bonds is 2. The van der Waals surface area contributed by atoms with Gasteiger partial charge >= 0.3 is 5.97 Å². The molecule has 0 saturated heterocycles. The molecular weight excluding hydrogens is 237 g/mol. The van der Waals surface area contributed by atoms with Crippen LogP contribution in [0.1, 0.15) is 22.8 Å². The second-order valence-electron chi connectivity index (χ2n) is 2.62. The monoisotopic (exact) mass is 243 g/mol. The highest BCUT2D eigenvalue weighted by Gasteiger charge is 2.17. The first-order valence-corrected chi connectivity index (χ1v) is 4.92. The van der Waals surface area contributed by atoms with Gasteiger partial charge in [0.25, 0.3) is 0 Å². The van der Waals surface area contributed by atoms with E-state index in [1.165, 1.54) is 12.1 Å². The Labute approximate surface area is 97.2 Å². The summed E-state index contributed by atoms with van der Waals surface area (Å²) < 4.78 is 4.77. The zero-order chi connectivity index (χ0) is 11.4. The Kier molecular flexibility index (Phi) is 3.96. The molecule has 0 aliphatic heterocycles. The van der Waals surface area contributed by atoms with Crippen LogP contribution in [0.5, 0.6) is 0 Å². The number of nitriles is 1. The second kappa shape index (κ2) is 5.01. The molecule has 0 spiro atoms. The number of benzene rings is 1. The fourth-order valence-electron chi connectivity index (χ4n) is 1.04. The van der Waals surface area contributed by atoms with Gasteiger partial charge in [-0.25, -0.2) is 4.79 Å². The molecule has 0 amide bonds. The number of ether oxygens (including phenoxy) is 1. The minimum Gasteiger partial charge on any atom is -0.462 e. The first-order chi connectivity index (χ1) is 7.11. The van der Waals surface area contributed by atoms with E-state index in [1.807, 2.05) is 6.07 Å². The largest absolute Gasteiger partial charge is 0.462 e. The first-order valence-electron chi connectivity index (χ1n) is 4.17. The number of carbonyl (C=O) groups excluding carboxylic acids is 1. The van der Waals surface area contributed by atoms with E-state index < -0.39 is 5.97 Å². The van der Waals surface area contributed by atoms with Crippen LogP contribution in [0.25, 0.3) is 0 Å². The molecule has 0 heterocycles. The minimum atomic E-state index is -0.576. The summed E-state index contributed by atoms with van der Waals surface area (Å²) in [7, 11) is 0. The van der Waals surface area contributed by atoms with Crippen molar-refractivity contribution in [3.8, 4) is 6.07 Å². The van der Waals surface area contributed by atoms with E-state index in [0.29, 0.717) is 0 Å².